The molecule has 0 bridgehead atoms. The van der Waals surface area contributed by atoms with E-state index in [1.165, 1.54) is 24.0 Å². The van der Waals surface area contributed by atoms with Crippen molar-refractivity contribution in [3.05, 3.63) is 101 Å². The normalized spacial score (nSPS) is 17.9. The molecule has 2 heterocycles. The summed E-state index contributed by atoms with van der Waals surface area (Å²) in [4.78, 5) is 17.4. The second kappa shape index (κ2) is 10.8. The van der Waals surface area contributed by atoms with Gasteiger partial charge in [-0.25, -0.2) is 0 Å². The van der Waals surface area contributed by atoms with Crippen LogP contribution in [0.15, 0.2) is 78.9 Å². The molecule has 2 fully saturated rings. The summed E-state index contributed by atoms with van der Waals surface area (Å²) in [6, 6.07) is 26.0. The molecule has 0 saturated carbocycles. The molecule has 2 aliphatic rings. The standard InChI is InChI=1S/C30H33ClN2O2/c31-27-11-9-26(10-12-27)29(34)33-19-15-30(16-20-33)13-17-32(18-14-30)22-25-7-4-8-28(21-25)35-23-24-5-2-1-3-6-24/h1-12,21H,13-20,22-23H2. The van der Waals surface area contributed by atoms with E-state index in [-0.39, 0.29) is 5.91 Å². The number of rotatable bonds is 6. The fourth-order valence-electron chi connectivity index (χ4n) is 5.38. The van der Waals surface area contributed by atoms with Crippen molar-refractivity contribution < 1.29 is 9.53 Å². The van der Waals surface area contributed by atoms with Gasteiger partial charge in [-0.1, -0.05) is 54.1 Å². The number of amides is 1. The van der Waals surface area contributed by atoms with Crippen LogP contribution in [0.3, 0.4) is 0 Å². The molecule has 35 heavy (non-hydrogen) atoms. The third kappa shape index (κ3) is 6.06. The van der Waals surface area contributed by atoms with Crippen molar-refractivity contribution in [3.8, 4) is 5.75 Å². The largest absolute Gasteiger partial charge is 0.489 e. The highest BCUT2D eigenvalue weighted by atomic mass is 35.5. The first-order valence-electron chi connectivity index (χ1n) is 12.6. The zero-order valence-corrected chi connectivity index (χ0v) is 20.9. The molecule has 1 amide bonds. The van der Waals surface area contributed by atoms with E-state index in [2.05, 4.69) is 35.2 Å². The molecular weight excluding hydrogens is 456 g/mol. The van der Waals surface area contributed by atoms with Gasteiger partial charge in [0, 0.05) is 30.2 Å². The van der Waals surface area contributed by atoms with Gasteiger partial charge in [-0.2, -0.15) is 0 Å². The van der Waals surface area contributed by atoms with Gasteiger partial charge in [-0.3, -0.25) is 9.69 Å². The summed E-state index contributed by atoms with van der Waals surface area (Å²) < 4.78 is 6.02. The quantitative estimate of drug-likeness (QED) is 0.400. The summed E-state index contributed by atoms with van der Waals surface area (Å²) in [5.74, 6) is 1.06. The fourth-order valence-corrected chi connectivity index (χ4v) is 5.50. The van der Waals surface area contributed by atoms with Crippen molar-refractivity contribution in [2.75, 3.05) is 26.2 Å². The minimum Gasteiger partial charge on any atom is -0.489 e. The molecule has 3 aromatic rings. The van der Waals surface area contributed by atoms with E-state index < -0.39 is 0 Å². The first-order chi connectivity index (χ1) is 17.1. The summed E-state index contributed by atoms with van der Waals surface area (Å²) in [5, 5.41) is 0.664. The number of benzene rings is 3. The van der Waals surface area contributed by atoms with Crippen LogP contribution in [0.2, 0.25) is 5.02 Å². The second-order valence-corrected chi connectivity index (χ2v) is 10.4. The average molecular weight is 489 g/mol. The molecule has 0 N–H and O–H groups in total. The van der Waals surface area contributed by atoms with Crippen molar-refractivity contribution >= 4 is 17.5 Å². The maximum Gasteiger partial charge on any atom is 0.253 e. The van der Waals surface area contributed by atoms with Crippen molar-refractivity contribution in [3.63, 3.8) is 0 Å². The van der Waals surface area contributed by atoms with Crippen molar-refractivity contribution in [1.82, 2.24) is 9.80 Å². The molecular formula is C30H33ClN2O2. The number of piperidine rings is 2. The second-order valence-electron chi connectivity index (χ2n) is 10.00. The Morgan fingerprint density at radius 2 is 1.46 bits per heavy atom. The number of carbonyl (C=O) groups excluding carboxylic acids is 1. The van der Waals surface area contributed by atoms with Crippen LogP contribution < -0.4 is 4.74 Å². The predicted molar refractivity (Wildman–Crippen MR) is 141 cm³/mol. The molecule has 0 aromatic heterocycles. The van der Waals surface area contributed by atoms with Crippen molar-refractivity contribution in [2.24, 2.45) is 5.41 Å². The zero-order chi connectivity index (χ0) is 24.1. The van der Waals surface area contributed by atoms with E-state index in [1.54, 1.807) is 12.1 Å². The number of halogens is 1. The monoisotopic (exact) mass is 488 g/mol. The maximum atomic E-state index is 12.9. The van der Waals surface area contributed by atoms with E-state index >= 15 is 0 Å². The van der Waals surface area contributed by atoms with Gasteiger partial charge in [0.1, 0.15) is 12.4 Å². The van der Waals surface area contributed by atoms with Crippen LogP contribution >= 0.6 is 11.6 Å². The lowest BCUT2D eigenvalue weighted by Crippen LogP contribution is -2.48. The molecule has 182 valence electrons. The highest BCUT2D eigenvalue weighted by Crippen LogP contribution is 2.41. The maximum absolute atomic E-state index is 12.9. The molecule has 2 aliphatic heterocycles. The van der Waals surface area contributed by atoms with E-state index in [9.17, 15) is 4.79 Å². The lowest BCUT2D eigenvalue weighted by molar-refractivity contribution is 0.0285. The molecule has 0 aliphatic carbocycles. The summed E-state index contributed by atoms with van der Waals surface area (Å²) in [7, 11) is 0. The first kappa shape index (κ1) is 23.9. The number of carbonyl (C=O) groups is 1. The Hall–Kier alpha value is -2.82. The van der Waals surface area contributed by atoms with E-state index in [0.29, 0.717) is 17.0 Å². The molecule has 1 spiro atoms. The van der Waals surface area contributed by atoms with Crippen LogP contribution in [0.1, 0.15) is 47.2 Å². The summed E-state index contributed by atoms with van der Waals surface area (Å²) in [5.41, 5.74) is 3.60. The molecule has 3 aromatic carbocycles. The number of likely N-dealkylation sites (tertiary alicyclic amines) is 2. The Morgan fingerprint density at radius 3 is 2.17 bits per heavy atom. The summed E-state index contributed by atoms with van der Waals surface area (Å²) >= 11 is 5.97. The van der Waals surface area contributed by atoms with Gasteiger partial charge in [0.25, 0.3) is 5.91 Å². The van der Waals surface area contributed by atoms with Crippen LogP contribution in [0.25, 0.3) is 0 Å². The predicted octanol–water partition coefficient (Wildman–Crippen LogP) is 6.44. The van der Waals surface area contributed by atoms with Crippen LogP contribution in [0.5, 0.6) is 5.75 Å². The van der Waals surface area contributed by atoms with Gasteiger partial charge in [-0.05, 0) is 91.7 Å². The molecule has 5 rings (SSSR count). The fraction of sp³-hybridized carbons (Fsp3) is 0.367. The number of nitrogens with zero attached hydrogens (tertiary/aromatic N) is 2. The van der Waals surface area contributed by atoms with Gasteiger partial charge >= 0.3 is 0 Å². The summed E-state index contributed by atoms with van der Waals surface area (Å²) in [6.07, 6.45) is 4.62. The van der Waals surface area contributed by atoms with Crippen LogP contribution in [0, 0.1) is 5.41 Å². The number of hydrogen-bond acceptors (Lipinski definition) is 3. The Kier molecular flexibility index (Phi) is 7.40. The molecule has 0 radical (unpaired) electrons. The lowest BCUT2D eigenvalue weighted by Gasteiger charge is -2.47. The minimum atomic E-state index is 0.128. The molecule has 0 atom stereocenters. The highest BCUT2D eigenvalue weighted by molar-refractivity contribution is 6.30. The van der Waals surface area contributed by atoms with Crippen LogP contribution in [-0.4, -0.2) is 41.9 Å². The third-order valence-corrected chi connectivity index (χ3v) is 7.92. The first-order valence-corrected chi connectivity index (χ1v) is 13.0. The van der Waals surface area contributed by atoms with Gasteiger partial charge in [-0.15, -0.1) is 0 Å². The van der Waals surface area contributed by atoms with Crippen LogP contribution in [-0.2, 0) is 13.2 Å². The molecule has 0 unspecified atom stereocenters. The average Bonchev–Trinajstić information content (AvgIpc) is 2.90. The Labute approximate surface area is 213 Å². The van der Waals surface area contributed by atoms with Crippen molar-refractivity contribution in [1.29, 1.82) is 0 Å². The number of hydrogen-bond donors (Lipinski definition) is 0. The molecule has 2 saturated heterocycles. The Balaban J connectivity index is 1.09. The van der Waals surface area contributed by atoms with E-state index in [4.69, 9.17) is 16.3 Å². The Bertz CT molecular complexity index is 1110. The van der Waals surface area contributed by atoms with Crippen LogP contribution in [0.4, 0.5) is 0 Å². The molecule has 4 nitrogen and oxygen atoms in total. The smallest absolute Gasteiger partial charge is 0.253 e. The third-order valence-electron chi connectivity index (χ3n) is 7.67. The van der Waals surface area contributed by atoms with Gasteiger partial charge in [0.15, 0.2) is 0 Å². The van der Waals surface area contributed by atoms with Gasteiger partial charge in [0.2, 0.25) is 0 Å². The molecule has 5 heteroatoms. The minimum absolute atomic E-state index is 0.128. The zero-order valence-electron chi connectivity index (χ0n) is 20.2. The van der Waals surface area contributed by atoms with Gasteiger partial charge in [0.05, 0.1) is 0 Å². The topological polar surface area (TPSA) is 32.8 Å². The SMILES string of the molecule is O=C(c1ccc(Cl)cc1)N1CCC2(CCN(Cc3cccc(OCc4ccccc4)c3)CC2)CC1. The summed E-state index contributed by atoms with van der Waals surface area (Å²) in [6.45, 7) is 5.47. The van der Waals surface area contributed by atoms with Crippen molar-refractivity contribution in [2.45, 2.75) is 38.8 Å². The number of ether oxygens (including phenoxy) is 1. The Morgan fingerprint density at radius 1 is 0.800 bits per heavy atom. The van der Waals surface area contributed by atoms with E-state index in [0.717, 1.165) is 56.9 Å². The van der Waals surface area contributed by atoms with E-state index in [1.807, 2.05) is 41.3 Å². The highest BCUT2D eigenvalue weighted by Gasteiger charge is 2.38. The van der Waals surface area contributed by atoms with Gasteiger partial charge < -0.3 is 9.64 Å². The lowest BCUT2D eigenvalue weighted by atomic mass is 9.71.